The van der Waals surface area contributed by atoms with Gasteiger partial charge in [-0.2, -0.15) is 0 Å². The van der Waals surface area contributed by atoms with Gasteiger partial charge in [-0.1, -0.05) is 6.92 Å². The number of esters is 1. The molecule has 4 nitrogen and oxygen atoms in total. The Morgan fingerprint density at radius 3 is 2.25 bits per heavy atom. The van der Waals surface area contributed by atoms with E-state index in [4.69, 9.17) is 13.6 Å². The van der Waals surface area contributed by atoms with Gasteiger partial charge in [-0.3, -0.25) is 4.79 Å². The van der Waals surface area contributed by atoms with E-state index in [0.29, 0.717) is 12.4 Å². The number of rotatable bonds is 6. The molecule has 0 aromatic carbocycles. The van der Waals surface area contributed by atoms with Crippen LogP contribution in [-0.2, 0) is 18.4 Å². The predicted octanol–water partition coefficient (Wildman–Crippen LogP) is 3.87. The number of carbonyl (C=O) groups is 1. The largest absolute Gasteiger partial charge is 0.520 e. The molecule has 2 atom stereocenters. The second-order valence-corrected chi connectivity index (χ2v) is 16.1. The van der Waals surface area contributed by atoms with Crippen LogP contribution in [0.1, 0.15) is 19.8 Å². The van der Waals surface area contributed by atoms with Gasteiger partial charge in [0.05, 0.1) is 12.0 Å². The van der Waals surface area contributed by atoms with Crippen LogP contribution in [0.25, 0.3) is 0 Å². The summed E-state index contributed by atoms with van der Waals surface area (Å²) in [6.07, 6.45) is 3.29. The van der Waals surface area contributed by atoms with Crippen LogP contribution >= 0.6 is 0 Å². The molecule has 0 spiro atoms. The molecular weight excluding hydrogens is 288 g/mol. The summed E-state index contributed by atoms with van der Waals surface area (Å²) >= 11 is 0. The molecular formula is C14H28O4Si2. The van der Waals surface area contributed by atoms with Crippen molar-refractivity contribution in [3.63, 3.8) is 0 Å². The van der Waals surface area contributed by atoms with E-state index >= 15 is 0 Å². The second-order valence-electron chi connectivity index (χ2n) is 7.18. The van der Waals surface area contributed by atoms with Crippen LogP contribution in [0.15, 0.2) is 12.0 Å². The summed E-state index contributed by atoms with van der Waals surface area (Å²) < 4.78 is 17.2. The zero-order valence-corrected chi connectivity index (χ0v) is 15.8. The first kappa shape index (κ1) is 17.5. The third kappa shape index (κ3) is 5.80. The first-order valence-electron chi connectivity index (χ1n) is 7.30. The van der Waals surface area contributed by atoms with E-state index in [9.17, 15) is 4.79 Å². The van der Waals surface area contributed by atoms with E-state index in [0.717, 1.165) is 6.42 Å². The molecule has 0 aliphatic carbocycles. The summed E-state index contributed by atoms with van der Waals surface area (Å²) in [4.78, 5) is 12.2. The fourth-order valence-corrected chi connectivity index (χ4v) is 4.08. The highest BCUT2D eigenvalue weighted by Gasteiger charge is 2.36. The fraction of sp³-hybridized carbons (Fsp3) is 0.786. The van der Waals surface area contributed by atoms with Crippen LogP contribution < -0.4 is 0 Å². The Bertz CT molecular complexity index is 380. The van der Waals surface area contributed by atoms with Crippen molar-refractivity contribution in [3.8, 4) is 0 Å². The fourth-order valence-electron chi connectivity index (χ4n) is 2.11. The van der Waals surface area contributed by atoms with Crippen LogP contribution in [0.3, 0.4) is 0 Å². The van der Waals surface area contributed by atoms with Crippen LogP contribution in [0.4, 0.5) is 0 Å². The lowest BCUT2D eigenvalue weighted by atomic mass is 9.96. The zero-order chi connectivity index (χ0) is 15.6. The zero-order valence-electron chi connectivity index (χ0n) is 13.8. The van der Waals surface area contributed by atoms with Crippen molar-refractivity contribution in [1.29, 1.82) is 0 Å². The normalized spacial score (nSPS) is 22.1. The van der Waals surface area contributed by atoms with E-state index < -0.39 is 16.6 Å². The molecule has 1 aliphatic rings. The molecule has 116 valence electrons. The molecule has 0 N–H and O–H groups in total. The van der Waals surface area contributed by atoms with E-state index in [-0.39, 0.29) is 18.0 Å². The summed E-state index contributed by atoms with van der Waals surface area (Å²) in [5.74, 6) is -0.0418. The third-order valence-electron chi connectivity index (χ3n) is 2.81. The Morgan fingerprint density at radius 1 is 1.25 bits per heavy atom. The van der Waals surface area contributed by atoms with Gasteiger partial charge in [-0.15, -0.1) is 0 Å². The molecule has 0 fully saturated rings. The SMILES string of the molecule is CCC(O[Si](C)(C)C)C1CC=C(O[Si](C)(C)C)OC1=O. The van der Waals surface area contributed by atoms with Crippen molar-refractivity contribution in [1.82, 2.24) is 0 Å². The maximum atomic E-state index is 12.2. The quantitative estimate of drug-likeness (QED) is 0.551. The lowest BCUT2D eigenvalue weighted by Gasteiger charge is -2.33. The van der Waals surface area contributed by atoms with Crippen molar-refractivity contribution >= 4 is 22.6 Å². The van der Waals surface area contributed by atoms with Gasteiger partial charge < -0.3 is 13.6 Å². The first-order chi connectivity index (χ1) is 9.02. The number of ether oxygens (including phenoxy) is 1. The van der Waals surface area contributed by atoms with E-state index in [1.54, 1.807) is 0 Å². The molecule has 0 saturated heterocycles. The molecule has 2 unspecified atom stereocenters. The summed E-state index contributed by atoms with van der Waals surface area (Å²) in [5.41, 5.74) is 0. The topological polar surface area (TPSA) is 44.8 Å². The molecule has 0 radical (unpaired) electrons. The van der Waals surface area contributed by atoms with Crippen molar-refractivity contribution in [2.24, 2.45) is 5.92 Å². The van der Waals surface area contributed by atoms with E-state index in [1.165, 1.54) is 0 Å². The number of allylic oxidation sites excluding steroid dienone is 1. The van der Waals surface area contributed by atoms with Crippen molar-refractivity contribution in [3.05, 3.63) is 12.0 Å². The third-order valence-corrected chi connectivity index (χ3v) is 4.63. The molecule has 0 bridgehead atoms. The number of cyclic esters (lactones) is 1. The van der Waals surface area contributed by atoms with E-state index in [1.807, 2.05) is 6.08 Å². The highest BCUT2D eigenvalue weighted by molar-refractivity contribution is 6.70. The average molecular weight is 317 g/mol. The van der Waals surface area contributed by atoms with Gasteiger partial charge in [0, 0.05) is 0 Å². The van der Waals surface area contributed by atoms with Crippen LogP contribution in [0, 0.1) is 5.92 Å². The summed E-state index contributed by atoms with van der Waals surface area (Å²) in [7, 11) is -3.40. The Labute approximate surface area is 124 Å². The van der Waals surface area contributed by atoms with Crippen LogP contribution in [0.2, 0.25) is 39.3 Å². The highest BCUT2D eigenvalue weighted by atomic mass is 28.4. The molecule has 1 rings (SSSR count). The molecule has 0 aromatic rings. The average Bonchev–Trinajstić information content (AvgIpc) is 2.23. The van der Waals surface area contributed by atoms with E-state index in [2.05, 4.69) is 46.2 Å². The van der Waals surface area contributed by atoms with Gasteiger partial charge in [0.2, 0.25) is 8.32 Å². The van der Waals surface area contributed by atoms with Crippen LogP contribution in [-0.4, -0.2) is 28.7 Å². The predicted molar refractivity (Wildman–Crippen MR) is 85.2 cm³/mol. The Hall–Kier alpha value is -0.596. The minimum Gasteiger partial charge on any atom is -0.520 e. The molecule has 1 heterocycles. The lowest BCUT2D eigenvalue weighted by Crippen LogP contribution is -2.41. The Morgan fingerprint density at radius 2 is 1.85 bits per heavy atom. The molecule has 0 saturated carbocycles. The maximum Gasteiger partial charge on any atom is 0.319 e. The Kier molecular flexibility index (Phi) is 5.63. The minimum atomic E-state index is -1.74. The summed E-state index contributed by atoms with van der Waals surface area (Å²) in [6.45, 7) is 14.7. The van der Waals surface area contributed by atoms with Crippen molar-refractivity contribution in [2.45, 2.75) is 65.2 Å². The second kappa shape index (κ2) is 6.45. The first-order valence-corrected chi connectivity index (χ1v) is 14.1. The summed E-state index contributed by atoms with van der Waals surface area (Å²) in [5, 5.41) is 0. The number of hydrogen-bond donors (Lipinski definition) is 0. The maximum absolute atomic E-state index is 12.2. The van der Waals surface area contributed by atoms with Crippen LogP contribution in [0.5, 0.6) is 0 Å². The van der Waals surface area contributed by atoms with Gasteiger partial charge in [-0.05, 0) is 58.2 Å². The Balaban J connectivity index is 2.73. The highest BCUT2D eigenvalue weighted by Crippen LogP contribution is 2.28. The molecule has 20 heavy (non-hydrogen) atoms. The van der Waals surface area contributed by atoms with Gasteiger partial charge in [-0.25, -0.2) is 0 Å². The van der Waals surface area contributed by atoms with Crippen molar-refractivity contribution in [2.75, 3.05) is 0 Å². The standard InChI is InChI=1S/C14H28O4Si2/c1-8-12(17-19(2,3)4)11-9-10-13(16-14(11)15)18-20(5,6)7/h10-12H,8-9H2,1-7H3. The van der Waals surface area contributed by atoms with Gasteiger partial charge in [0.25, 0.3) is 5.95 Å². The molecule has 6 heteroatoms. The van der Waals surface area contributed by atoms with Gasteiger partial charge >= 0.3 is 5.97 Å². The van der Waals surface area contributed by atoms with Gasteiger partial charge in [0.15, 0.2) is 8.32 Å². The number of hydrogen-bond acceptors (Lipinski definition) is 4. The lowest BCUT2D eigenvalue weighted by molar-refractivity contribution is -0.153. The van der Waals surface area contributed by atoms with Crippen molar-refractivity contribution < 1.29 is 18.4 Å². The molecule has 0 aromatic heterocycles. The monoisotopic (exact) mass is 316 g/mol. The smallest absolute Gasteiger partial charge is 0.319 e. The minimum absolute atomic E-state index is 0.0566. The molecule has 0 amide bonds. The molecule has 1 aliphatic heterocycles. The summed E-state index contributed by atoms with van der Waals surface area (Å²) in [6, 6.07) is 0. The number of carbonyl (C=O) groups excluding carboxylic acids is 1. The van der Waals surface area contributed by atoms with Gasteiger partial charge in [0.1, 0.15) is 0 Å².